The molecule has 0 atom stereocenters. The van der Waals surface area contributed by atoms with Crippen molar-refractivity contribution in [2.24, 2.45) is 0 Å². The van der Waals surface area contributed by atoms with Gasteiger partial charge in [0.1, 0.15) is 0 Å². The summed E-state index contributed by atoms with van der Waals surface area (Å²) in [6, 6.07) is 16.9. The molecule has 0 heterocycles. The van der Waals surface area contributed by atoms with Gasteiger partial charge in [-0.05, 0) is 36.1 Å². The van der Waals surface area contributed by atoms with Gasteiger partial charge in [-0.3, -0.25) is 4.18 Å². The van der Waals surface area contributed by atoms with Gasteiger partial charge in [-0.2, -0.15) is 8.42 Å². The molecule has 4 heteroatoms. The predicted octanol–water partition coefficient (Wildman–Crippen LogP) is 3.39. The van der Waals surface area contributed by atoms with E-state index < -0.39 is 10.1 Å². The lowest BCUT2D eigenvalue weighted by atomic mass is 10.1. The van der Waals surface area contributed by atoms with Crippen LogP contribution >= 0.6 is 0 Å². The average Bonchev–Trinajstić information content (AvgIpc) is 2.47. The molecule has 0 unspecified atom stereocenters. The summed E-state index contributed by atoms with van der Waals surface area (Å²) in [6.07, 6.45) is 1.38. The molecule has 2 aromatic carbocycles. The fraction of sp³-hybridized carbons (Fsp3) is 0.250. The zero-order chi connectivity index (χ0) is 14.4. The van der Waals surface area contributed by atoms with Crippen LogP contribution in [0, 0.1) is 0 Å². The van der Waals surface area contributed by atoms with E-state index >= 15 is 0 Å². The van der Waals surface area contributed by atoms with Crippen LogP contribution in [-0.4, -0.2) is 15.0 Å². The quantitative estimate of drug-likeness (QED) is 0.766. The van der Waals surface area contributed by atoms with Crippen molar-refractivity contribution < 1.29 is 12.6 Å². The molecular formula is C16H18O3S. The number of rotatable bonds is 6. The Morgan fingerprint density at radius 1 is 0.950 bits per heavy atom. The Kier molecular flexibility index (Phi) is 4.93. The second-order valence-corrected chi connectivity index (χ2v) is 6.20. The highest BCUT2D eigenvalue weighted by molar-refractivity contribution is 7.86. The first-order valence-electron chi connectivity index (χ1n) is 6.64. The summed E-state index contributed by atoms with van der Waals surface area (Å²) < 4.78 is 28.9. The van der Waals surface area contributed by atoms with Gasteiger partial charge in [-0.15, -0.1) is 0 Å². The van der Waals surface area contributed by atoms with Gasteiger partial charge in [-0.25, -0.2) is 0 Å². The lowest BCUT2D eigenvalue weighted by Crippen LogP contribution is -2.07. The summed E-state index contributed by atoms with van der Waals surface area (Å²) in [5, 5.41) is 0. The molecule has 0 bridgehead atoms. The van der Waals surface area contributed by atoms with Gasteiger partial charge < -0.3 is 0 Å². The highest BCUT2D eigenvalue weighted by Crippen LogP contribution is 2.17. The monoisotopic (exact) mass is 290 g/mol. The molecular weight excluding hydrogens is 272 g/mol. The summed E-state index contributed by atoms with van der Waals surface area (Å²) in [5.74, 6) is 0. The van der Waals surface area contributed by atoms with Gasteiger partial charge in [0.05, 0.1) is 11.5 Å². The van der Waals surface area contributed by atoms with Crippen molar-refractivity contribution in [2.45, 2.75) is 24.7 Å². The smallest absolute Gasteiger partial charge is 0.266 e. The fourth-order valence-electron chi connectivity index (χ4n) is 1.90. The van der Waals surface area contributed by atoms with Crippen molar-refractivity contribution in [1.82, 2.24) is 0 Å². The molecule has 0 radical (unpaired) electrons. The molecule has 20 heavy (non-hydrogen) atoms. The molecule has 0 spiro atoms. The van der Waals surface area contributed by atoms with E-state index in [9.17, 15) is 8.42 Å². The maximum atomic E-state index is 12.0. The number of benzene rings is 2. The van der Waals surface area contributed by atoms with Crippen LogP contribution in [0.25, 0.3) is 0 Å². The van der Waals surface area contributed by atoms with Gasteiger partial charge in [0.15, 0.2) is 0 Å². The Morgan fingerprint density at radius 2 is 1.65 bits per heavy atom. The van der Waals surface area contributed by atoms with E-state index in [0.717, 1.165) is 11.1 Å². The maximum absolute atomic E-state index is 12.0. The first-order chi connectivity index (χ1) is 9.62. The van der Waals surface area contributed by atoms with Gasteiger partial charge in [-0.1, -0.05) is 49.4 Å². The standard InChI is InChI=1S/C16H18O3S/c1-2-11-19-20(17,18)16-10-6-9-15(13-16)12-14-7-4-3-5-8-14/h3-10,13H,2,11-12H2,1H3. The molecule has 0 aliphatic carbocycles. The Labute approximate surface area is 120 Å². The molecule has 0 amide bonds. The van der Waals surface area contributed by atoms with Crippen LogP contribution in [0.4, 0.5) is 0 Å². The summed E-state index contributed by atoms with van der Waals surface area (Å²) in [6.45, 7) is 2.09. The number of hydrogen-bond donors (Lipinski definition) is 0. The van der Waals surface area contributed by atoms with Crippen molar-refractivity contribution in [3.05, 3.63) is 65.7 Å². The van der Waals surface area contributed by atoms with Crippen LogP contribution in [0.15, 0.2) is 59.5 Å². The summed E-state index contributed by atoms with van der Waals surface area (Å²) in [7, 11) is -3.64. The normalized spacial score (nSPS) is 11.4. The predicted molar refractivity (Wildman–Crippen MR) is 79.1 cm³/mol. The van der Waals surface area contributed by atoms with Crippen molar-refractivity contribution in [1.29, 1.82) is 0 Å². The lowest BCUT2D eigenvalue weighted by Gasteiger charge is -2.07. The van der Waals surface area contributed by atoms with Crippen LogP contribution in [0.5, 0.6) is 0 Å². The van der Waals surface area contributed by atoms with Crippen LogP contribution in [0.3, 0.4) is 0 Å². The maximum Gasteiger partial charge on any atom is 0.296 e. The molecule has 2 rings (SSSR count). The third-order valence-corrected chi connectivity index (χ3v) is 4.19. The third-order valence-electron chi connectivity index (χ3n) is 2.88. The van der Waals surface area contributed by atoms with Gasteiger partial charge in [0.2, 0.25) is 0 Å². The van der Waals surface area contributed by atoms with Gasteiger partial charge >= 0.3 is 0 Å². The molecule has 0 aliphatic heterocycles. The molecule has 0 fully saturated rings. The molecule has 0 saturated heterocycles. The average molecular weight is 290 g/mol. The first kappa shape index (κ1) is 14.8. The summed E-state index contributed by atoms with van der Waals surface area (Å²) in [4.78, 5) is 0.222. The fourth-order valence-corrected chi connectivity index (χ4v) is 2.97. The summed E-state index contributed by atoms with van der Waals surface area (Å²) >= 11 is 0. The van der Waals surface area contributed by atoms with E-state index in [1.165, 1.54) is 0 Å². The highest BCUT2D eigenvalue weighted by atomic mass is 32.2. The molecule has 0 saturated carbocycles. The van der Waals surface area contributed by atoms with Crippen LogP contribution in [-0.2, 0) is 20.7 Å². The Morgan fingerprint density at radius 3 is 2.35 bits per heavy atom. The Hall–Kier alpha value is -1.65. The molecule has 106 valence electrons. The van der Waals surface area contributed by atoms with E-state index in [-0.39, 0.29) is 11.5 Å². The second-order valence-electron chi connectivity index (χ2n) is 4.59. The van der Waals surface area contributed by atoms with Crippen LogP contribution in [0.1, 0.15) is 24.5 Å². The second kappa shape index (κ2) is 6.68. The summed E-state index contributed by atoms with van der Waals surface area (Å²) in [5.41, 5.74) is 2.11. The molecule has 0 aliphatic rings. The van der Waals surface area contributed by atoms with Crippen molar-refractivity contribution in [3.8, 4) is 0 Å². The van der Waals surface area contributed by atoms with E-state index in [0.29, 0.717) is 12.8 Å². The molecule has 3 nitrogen and oxygen atoms in total. The Balaban J connectivity index is 2.20. The minimum atomic E-state index is -3.64. The van der Waals surface area contributed by atoms with Crippen LogP contribution in [0.2, 0.25) is 0 Å². The van der Waals surface area contributed by atoms with Crippen molar-refractivity contribution in [3.63, 3.8) is 0 Å². The minimum absolute atomic E-state index is 0.214. The van der Waals surface area contributed by atoms with Crippen molar-refractivity contribution >= 4 is 10.1 Å². The van der Waals surface area contributed by atoms with E-state index in [4.69, 9.17) is 4.18 Å². The zero-order valence-corrected chi connectivity index (χ0v) is 12.3. The topological polar surface area (TPSA) is 43.4 Å². The van der Waals surface area contributed by atoms with E-state index in [1.54, 1.807) is 18.2 Å². The first-order valence-corrected chi connectivity index (χ1v) is 8.05. The van der Waals surface area contributed by atoms with Gasteiger partial charge in [0, 0.05) is 0 Å². The van der Waals surface area contributed by atoms with Gasteiger partial charge in [0.25, 0.3) is 10.1 Å². The number of hydrogen-bond acceptors (Lipinski definition) is 3. The molecule has 2 aromatic rings. The third kappa shape index (κ3) is 3.92. The van der Waals surface area contributed by atoms with Crippen molar-refractivity contribution in [2.75, 3.05) is 6.61 Å². The lowest BCUT2D eigenvalue weighted by molar-refractivity contribution is 0.318. The minimum Gasteiger partial charge on any atom is -0.266 e. The van der Waals surface area contributed by atoms with E-state index in [1.807, 2.05) is 43.3 Å². The molecule has 0 N–H and O–H groups in total. The largest absolute Gasteiger partial charge is 0.296 e. The molecule has 0 aromatic heterocycles. The Bertz CT molecular complexity index is 648. The van der Waals surface area contributed by atoms with E-state index in [2.05, 4.69) is 0 Å². The zero-order valence-electron chi connectivity index (χ0n) is 11.5. The highest BCUT2D eigenvalue weighted by Gasteiger charge is 2.14. The SMILES string of the molecule is CCCOS(=O)(=O)c1cccc(Cc2ccccc2)c1. The van der Waals surface area contributed by atoms with Crippen LogP contribution < -0.4 is 0 Å².